The molecule has 1 saturated heterocycles. The molecule has 100 valence electrons. The minimum absolute atomic E-state index is 0.109. The molecule has 17 heavy (non-hydrogen) atoms. The van der Waals surface area contributed by atoms with Crippen LogP contribution in [-0.4, -0.2) is 64.4 Å². The summed E-state index contributed by atoms with van der Waals surface area (Å²) in [5.41, 5.74) is 0. The first kappa shape index (κ1) is 14.4. The number of sulfonamides is 1. The molecular formula is C8H16N2O5S2. The first-order chi connectivity index (χ1) is 7.71. The van der Waals surface area contributed by atoms with Crippen LogP contribution in [-0.2, 0) is 24.7 Å². The Hall–Kier alpha value is -0.670. The summed E-state index contributed by atoms with van der Waals surface area (Å²) in [4.78, 5) is 11.0. The van der Waals surface area contributed by atoms with Gasteiger partial charge in [0.05, 0.1) is 11.5 Å². The van der Waals surface area contributed by atoms with Crippen LogP contribution in [0.4, 0.5) is 0 Å². The molecule has 1 amide bonds. The normalized spacial score (nSPS) is 19.7. The molecule has 0 saturated carbocycles. The summed E-state index contributed by atoms with van der Waals surface area (Å²) >= 11 is 0. The molecule has 0 atom stereocenters. The minimum Gasteiger partial charge on any atom is -0.355 e. The van der Waals surface area contributed by atoms with E-state index in [0.717, 1.165) is 10.6 Å². The van der Waals surface area contributed by atoms with Crippen molar-refractivity contribution in [2.45, 2.75) is 6.42 Å². The average Bonchev–Trinajstić information content (AvgIpc) is 2.39. The Bertz CT molecular complexity index is 482. The van der Waals surface area contributed by atoms with Gasteiger partial charge in [-0.2, -0.15) is 4.31 Å². The molecule has 1 fully saturated rings. The summed E-state index contributed by atoms with van der Waals surface area (Å²) in [5, 5.41) is 2.56. The van der Waals surface area contributed by atoms with Gasteiger partial charge >= 0.3 is 0 Å². The van der Waals surface area contributed by atoms with Crippen molar-refractivity contribution >= 4 is 25.8 Å². The lowest BCUT2D eigenvalue weighted by Crippen LogP contribution is -2.37. The summed E-state index contributed by atoms with van der Waals surface area (Å²) in [6.07, 6.45) is 1.11. The molecule has 0 aromatic heterocycles. The quantitative estimate of drug-likeness (QED) is 0.655. The van der Waals surface area contributed by atoms with Gasteiger partial charge in [-0.15, -0.1) is 0 Å². The van der Waals surface area contributed by atoms with Gasteiger partial charge in [-0.3, -0.25) is 4.79 Å². The van der Waals surface area contributed by atoms with Crippen LogP contribution in [0.5, 0.6) is 0 Å². The zero-order valence-electron chi connectivity index (χ0n) is 9.55. The van der Waals surface area contributed by atoms with Gasteiger partial charge in [0.15, 0.2) is 0 Å². The van der Waals surface area contributed by atoms with E-state index in [4.69, 9.17) is 0 Å². The average molecular weight is 284 g/mol. The molecule has 0 radical (unpaired) electrons. The van der Waals surface area contributed by atoms with Crippen LogP contribution in [0.2, 0.25) is 0 Å². The Labute approximate surface area is 101 Å². The smallest absolute Gasteiger partial charge is 0.221 e. The van der Waals surface area contributed by atoms with E-state index in [2.05, 4.69) is 5.32 Å². The molecule has 0 aliphatic carbocycles. The number of hydrogen-bond acceptors (Lipinski definition) is 5. The van der Waals surface area contributed by atoms with Gasteiger partial charge < -0.3 is 5.32 Å². The van der Waals surface area contributed by atoms with Gasteiger partial charge in [0.1, 0.15) is 9.84 Å². The molecule has 7 nitrogen and oxygen atoms in total. The largest absolute Gasteiger partial charge is 0.355 e. The second-order valence-electron chi connectivity index (χ2n) is 3.94. The first-order valence-electron chi connectivity index (χ1n) is 5.13. The Morgan fingerprint density at radius 2 is 1.82 bits per heavy atom. The van der Waals surface area contributed by atoms with Crippen molar-refractivity contribution in [1.82, 2.24) is 9.62 Å². The number of amides is 1. The fraction of sp³-hybridized carbons (Fsp3) is 0.875. The standard InChI is InChI=1S/C8H16N2O5S2/c1-16(12,13)6-7-17(14,15)10-4-2-8(11)9-3-5-10/h2-7H2,1H3,(H,9,11). The van der Waals surface area contributed by atoms with E-state index in [1.54, 1.807) is 0 Å². The highest BCUT2D eigenvalue weighted by Gasteiger charge is 2.25. The van der Waals surface area contributed by atoms with Gasteiger partial charge in [0.2, 0.25) is 15.9 Å². The lowest BCUT2D eigenvalue weighted by atomic mass is 10.4. The van der Waals surface area contributed by atoms with Crippen molar-refractivity contribution in [2.24, 2.45) is 0 Å². The van der Waals surface area contributed by atoms with Crippen LogP contribution in [0.3, 0.4) is 0 Å². The van der Waals surface area contributed by atoms with Crippen molar-refractivity contribution in [1.29, 1.82) is 0 Å². The maximum Gasteiger partial charge on any atom is 0.221 e. The van der Waals surface area contributed by atoms with E-state index >= 15 is 0 Å². The van der Waals surface area contributed by atoms with E-state index in [-0.39, 0.29) is 32.0 Å². The summed E-state index contributed by atoms with van der Waals surface area (Å²) < 4.78 is 46.7. The van der Waals surface area contributed by atoms with Crippen LogP contribution >= 0.6 is 0 Å². The van der Waals surface area contributed by atoms with Gasteiger partial charge in [0.25, 0.3) is 0 Å². The van der Waals surface area contributed by atoms with Crippen LogP contribution in [0, 0.1) is 0 Å². The van der Waals surface area contributed by atoms with Gasteiger partial charge in [-0.25, -0.2) is 16.8 Å². The van der Waals surface area contributed by atoms with E-state index in [1.165, 1.54) is 0 Å². The molecule has 9 heteroatoms. The minimum atomic E-state index is -3.60. The van der Waals surface area contributed by atoms with Crippen LogP contribution in [0.1, 0.15) is 6.42 Å². The van der Waals surface area contributed by atoms with Crippen LogP contribution in [0.15, 0.2) is 0 Å². The van der Waals surface area contributed by atoms with Crippen LogP contribution in [0.25, 0.3) is 0 Å². The molecule has 1 rings (SSSR count). The highest BCUT2D eigenvalue weighted by atomic mass is 32.2. The molecule has 1 N–H and O–H groups in total. The van der Waals surface area contributed by atoms with Crippen molar-refractivity contribution in [3.05, 3.63) is 0 Å². The molecule has 1 aliphatic rings. The van der Waals surface area contributed by atoms with Gasteiger partial charge in [-0.1, -0.05) is 0 Å². The van der Waals surface area contributed by atoms with Crippen molar-refractivity contribution < 1.29 is 21.6 Å². The molecule has 0 aromatic carbocycles. The lowest BCUT2D eigenvalue weighted by molar-refractivity contribution is -0.120. The topological polar surface area (TPSA) is 101 Å². The van der Waals surface area contributed by atoms with Gasteiger partial charge in [-0.05, 0) is 0 Å². The Kier molecular flexibility index (Phi) is 4.50. The van der Waals surface area contributed by atoms with E-state index in [1.807, 2.05) is 0 Å². The molecule has 0 unspecified atom stereocenters. The summed E-state index contributed by atoms with van der Waals surface area (Å²) in [7, 11) is -6.91. The third-order valence-corrected chi connectivity index (χ3v) is 5.45. The number of nitrogens with zero attached hydrogens (tertiary/aromatic N) is 1. The highest BCUT2D eigenvalue weighted by Crippen LogP contribution is 2.06. The molecule has 1 heterocycles. The summed E-state index contributed by atoms with van der Waals surface area (Å²) in [6.45, 7) is 0.562. The third kappa shape index (κ3) is 5.00. The number of carbonyl (C=O) groups is 1. The predicted octanol–water partition coefficient (Wildman–Crippen LogP) is -1.82. The number of sulfone groups is 1. The number of carbonyl (C=O) groups excluding carboxylic acids is 1. The maximum atomic E-state index is 11.8. The maximum absolute atomic E-state index is 11.8. The summed E-state index contributed by atoms with van der Waals surface area (Å²) in [6, 6.07) is 0. The van der Waals surface area contributed by atoms with Crippen molar-refractivity contribution in [3.63, 3.8) is 0 Å². The first-order valence-corrected chi connectivity index (χ1v) is 8.80. The van der Waals surface area contributed by atoms with Gasteiger partial charge in [0, 0.05) is 32.3 Å². The van der Waals surface area contributed by atoms with E-state index in [9.17, 15) is 21.6 Å². The zero-order chi connectivity index (χ0) is 13.1. The predicted molar refractivity (Wildman–Crippen MR) is 62.7 cm³/mol. The fourth-order valence-corrected chi connectivity index (χ4v) is 4.46. The Morgan fingerprint density at radius 1 is 1.18 bits per heavy atom. The van der Waals surface area contributed by atoms with Crippen LogP contribution < -0.4 is 5.32 Å². The number of nitrogens with one attached hydrogen (secondary N) is 1. The number of hydrogen-bond donors (Lipinski definition) is 1. The monoisotopic (exact) mass is 284 g/mol. The lowest BCUT2D eigenvalue weighted by Gasteiger charge is -2.18. The molecule has 1 aliphatic heterocycles. The van der Waals surface area contributed by atoms with Crippen molar-refractivity contribution in [2.75, 3.05) is 37.4 Å². The van der Waals surface area contributed by atoms with Crippen molar-refractivity contribution in [3.8, 4) is 0 Å². The second kappa shape index (κ2) is 5.32. The van der Waals surface area contributed by atoms with E-state index in [0.29, 0.717) is 0 Å². The SMILES string of the molecule is CS(=O)(=O)CCS(=O)(=O)N1CCNC(=O)CC1. The Morgan fingerprint density at radius 3 is 2.41 bits per heavy atom. The Balaban J connectivity index is 2.66. The molecule has 0 bridgehead atoms. The summed E-state index contributed by atoms with van der Waals surface area (Å²) in [5.74, 6) is -1.02. The molecular weight excluding hydrogens is 268 g/mol. The zero-order valence-corrected chi connectivity index (χ0v) is 11.2. The number of rotatable bonds is 4. The highest BCUT2D eigenvalue weighted by molar-refractivity contribution is 7.93. The second-order valence-corrected chi connectivity index (χ2v) is 8.29. The van der Waals surface area contributed by atoms with E-state index < -0.39 is 31.4 Å². The molecule has 0 aromatic rings. The molecule has 0 spiro atoms. The fourth-order valence-electron chi connectivity index (χ4n) is 1.41. The third-order valence-electron chi connectivity index (χ3n) is 2.38.